The third-order valence-electron chi connectivity index (χ3n) is 3.44. The van der Waals surface area contributed by atoms with Crippen LogP contribution in [0, 0.1) is 0 Å². The van der Waals surface area contributed by atoms with Crippen LogP contribution in [0.5, 0.6) is 0 Å². The third-order valence-corrected chi connectivity index (χ3v) is 5.21. The molecule has 0 bridgehead atoms. The molecule has 0 saturated heterocycles. The van der Waals surface area contributed by atoms with Crippen LogP contribution < -0.4 is 4.80 Å². The number of hydrogen-bond donors (Lipinski definition) is 0. The molecular formula is C15H16N4OS2. The first-order valence-electron chi connectivity index (χ1n) is 6.88. The fraction of sp³-hybridized carbons (Fsp3) is 0.267. The largest absolute Gasteiger partial charge is 0.317 e. The van der Waals surface area contributed by atoms with E-state index in [9.17, 15) is 4.79 Å². The van der Waals surface area contributed by atoms with Gasteiger partial charge in [0.2, 0.25) is 0 Å². The Balaban J connectivity index is 2.15. The Bertz CT molecular complexity index is 904. The molecule has 0 spiro atoms. The quantitative estimate of drug-likeness (QED) is 0.693. The number of aryl methyl sites for hydroxylation is 2. The Morgan fingerprint density at radius 1 is 1.41 bits per heavy atom. The molecule has 2 heterocycles. The van der Waals surface area contributed by atoms with Crippen LogP contribution in [0.4, 0.5) is 0 Å². The van der Waals surface area contributed by atoms with Crippen molar-refractivity contribution in [3.05, 3.63) is 41.0 Å². The van der Waals surface area contributed by atoms with Gasteiger partial charge in [0, 0.05) is 24.7 Å². The van der Waals surface area contributed by atoms with Crippen LogP contribution in [0.25, 0.3) is 10.2 Å². The number of benzene rings is 1. The van der Waals surface area contributed by atoms with E-state index >= 15 is 0 Å². The van der Waals surface area contributed by atoms with Gasteiger partial charge in [-0.3, -0.25) is 9.48 Å². The predicted molar refractivity (Wildman–Crippen MR) is 90.4 cm³/mol. The molecule has 5 nitrogen and oxygen atoms in total. The molecule has 3 aromatic rings. The maximum absolute atomic E-state index is 12.3. The highest BCUT2D eigenvalue weighted by Gasteiger charge is 2.11. The second-order valence-electron chi connectivity index (χ2n) is 4.72. The van der Waals surface area contributed by atoms with Crippen molar-refractivity contribution in [2.45, 2.75) is 18.4 Å². The molecule has 0 aliphatic heterocycles. The smallest absolute Gasteiger partial charge is 0.297 e. The van der Waals surface area contributed by atoms with Crippen molar-refractivity contribution < 1.29 is 4.79 Å². The van der Waals surface area contributed by atoms with E-state index in [1.54, 1.807) is 47.1 Å². The van der Waals surface area contributed by atoms with Crippen LogP contribution in [-0.4, -0.2) is 26.5 Å². The zero-order valence-corrected chi connectivity index (χ0v) is 14.2. The van der Waals surface area contributed by atoms with Crippen LogP contribution in [0.1, 0.15) is 17.4 Å². The molecule has 0 atom stereocenters. The average Bonchev–Trinajstić information content (AvgIpc) is 3.09. The first kappa shape index (κ1) is 15.1. The number of thiazole rings is 1. The molecule has 0 aliphatic rings. The van der Waals surface area contributed by atoms with Gasteiger partial charge in [0.15, 0.2) is 4.80 Å². The van der Waals surface area contributed by atoms with E-state index in [1.165, 1.54) is 4.90 Å². The Labute approximate surface area is 136 Å². The SMILES string of the molecule is CCn1c(=NC(=O)c2ccnn2C)sc2cc(SC)ccc21. The van der Waals surface area contributed by atoms with E-state index in [1.807, 2.05) is 0 Å². The van der Waals surface area contributed by atoms with Gasteiger partial charge in [0.1, 0.15) is 5.69 Å². The van der Waals surface area contributed by atoms with Crippen molar-refractivity contribution in [2.24, 2.45) is 12.0 Å². The van der Waals surface area contributed by atoms with Gasteiger partial charge in [-0.15, -0.1) is 11.8 Å². The van der Waals surface area contributed by atoms with E-state index in [0.717, 1.165) is 21.6 Å². The molecule has 3 rings (SSSR count). The summed E-state index contributed by atoms with van der Waals surface area (Å²) in [6.45, 7) is 2.83. The Morgan fingerprint density at radius 3 is 2.86 bits per heavy atom. The first-order valence-corrected chi connectivity index (χ1v) is 8.92. The summed E-state index contributed by atoms with van der Waals surface area (Å²) in [5.74, 6) is -0.265. The van der Waals surface area contributed by atoms with Gasteiger partial charge < -0.3 is 4.57 Å². The highest BCUT2D eigenvalue weighted by Crippen LogP contribution is 2.24. The van der Waals surface area contributed by atoms with Crippen molar-refractivity contribution in [3.8, 4) is 0 Å². The number of carbonyl (C=O) groups is 1. The van der Waals surface area contributed by atoms with E-state index in [2.05, 4.69) is 46.0 Å². The number of rotatable bonds is 3. The Hall–Kier alpha value is -1.86. The van der Waals surface area contributed by atoms with Crippen LogP contribution >= 0.6 is 23.1 Å². The minimum absolute atomic E-state index is 0.265. The summed E-state index contributed by atoms with van der Waals surface area (Å²) in [5.41, 5.74) is 1.60. The summed E-state index contributed by atoms with van der Waals surface area (Å²) in [7, 11) is 1.74. The van der Waals surface area contributed by atoms with Crippen LogP contribution in [-0.2, 0) is 13.6 Å². The molecule has 114 valence electrons. The number of fused-ring (bicyclic) bond motifs is 1. The molecule has 0 unspecified atom stereocenters. The minimum atomic E-state index is -0.265. The van der Waals surface area contributed by atoms with Crippen LogP contribution in [0.2, 0.25) is 0 Å². The highest BCUT2D eigenvalue weighted by molar-refractivity contribution is 7.98. The molecule has 0 radical (unpaired) electrons. The van der Waals surface area contributed by atoms with Gasteiger partial charge in [0.25, 0.3) is 5.91 Å². The molecule has 0 fully saturated rings. The summed E-state index contributed by atoms with van der Waals surface area (Å²) in [6, 6.07) is 8.01. The molecule has 0 aliphatic carbocycles. The summed E-state index contributed by atoms with van der Waals surface area (Å²) in [4.78, 5) is 18.6. The van der Waals surface area contributed by atoms with Crippen molar-refractivity contribution in [1.29, 1.82) is 0 Å². The van der Waals surface area contributed by atoms with Gasteiger partial charge >= 0.3 is 0 Å². The number of aromatic nitrogens is 3. The lowest BCUT2D eigenvalue weighted by atomic mass is 10.3. The van der Waals surface area contributed by atoms with Crippen molar-refractivity contribution >= 4 is 39.2 Å². The molecule has 1 amide bonds. The van der Waals surface area contributed by atoms with Gasteiger partial charge in [-0.1, -0.05) is 11.3 Å². The molecule has 0 N–H and O–H groups in total. The molecule has 0 saturated carbocycles. The third kappa shape index (κ3) is 2.62. The highest BCUT2D eigenvalue weighted by atomic mass is 32.2. The Morgan fingerprint density at radius 2 is 2.23 bits per heavy atom. The molecule has 2 aromatic heterocycles. The normalized spacial score (nSPS) is 12.2. The zero-order valence-electron chi connectivity index (χ0n) is 12.6. The predicted octanol–water partition coefficient (Wildman–Crippen LogP) is 2.92. The van der Waals surface area contributed by atoms with E-state index in [4.69, 9.17) is 0 Å². The summed E-state index contributed by atoms with van der Waals surface area (Å²) < 4.78 is 4.75. The van der Waals surface area contributed by atoms with Gasteiger partial charge in [-0.25, -0.2) is 0 Å². The second-order valence-corrected chi connectivity index (χ2v) is 6.61. The second kappa shape index (κ2) is 6.10. The lowest BCUT2D eigenvalue weighted by Crippen LogP contribution is -2.17. The summed E-state index contributed by atoms with van der Waals surface area (Å²) >= 11 is 3.25. The maximum Gasteiger partial charge on any atom is 0.297 e. The van der Waals surface area contributed by atoms with Crippen molar-refractivity contribution in [1.82, 2.24) is 14.3 Å². The zero-order chi connectivity index (χ0) is 15.7. The van der Waals surface area contributed by atoms with E-state index in [-0.39, 0.29) is 5.91 Å². The summed E-state index contributed by atoms with van der Waals surface area (Å²) in [6.07, 6.45) is 3.66. The Kier molecular flexibility index (Phi) is 4.17. The number of thioether (sulfide) groups is 1. The topological polar surface area (TPSA) is 52.2 Å². The van der Waals surface area contributed by atoms with Crippen LogP contribution in [0.15, 0.2) is 40.4 Å². The van der Waals surface area contributed by atoms with Crippen LogP contribution in [0.3, 0.4) is 0 Å². The monoisotopic (exact) mass is 332 g/mol. The lowest BCUT2D eigenvalue weighted by Gasteiger charge is -2.01. The van der Waals surface area contributed by atoms with Gasteiger partial charge in [0.05, 0.1) is 10.2 Å². The van der Waals surface area contributed by atoms with E-state index in [0.29, 0.717) is 5.69 Å². The molecular weight excluding hydrogens is 316 g/mol. The van der Waals surface area contributed by atoms with Gasteiger partial charge in [-0.05, 0) is 37.4 Å². The lowest BCUT2D eigenvalue weighted by molar-refractivity contribution is 0.0989. The number of hydrogen-bond acceptors (Lipinski definition) is 4. The molecule has 22 heavy (non-hydrogen) atoms. The first-order chi connectivity index (χ1) is 10.6. The molecule has 1 aromatic carbocycles. The average molecular weight is 332 g/mol. The van der Waals surface area contributed by atoms with Gasteiger partial charge in [-0.2, -0.15) is 10.1 Å². The number of amides is 1. The number of nitrogens with zero attached hydrogens (tertiary/aromatic N) is 4. The van der Waals surface area contributed by atoms with Crippen molar-refractivity contribution in [2.75, 3.05) is 6.26 Å². The number of carbonyl (C=O) groups excluding carboxylic acids is 1. The standard InChI is InChI=1S/C15H16N4OS2/c1-4-19-11-6-5-10(21-3)9-13(11)22-15(19)17-14(20)12-7-8-16-18(12)2/h5-9H,4H2,1-3H3. The maximum atomic E-state index is 12.3. The minimum Gasteiger partial charge on any atom is -0.317 e. The fourth-order valence-corrected chi connectivity index (χ4v) is 3.95. The fourth-order valence-electron chi connectivity index (χ4n) is 2.30. The summed E-state index contributed by atoms with van der Waals surface area (Å²) in [5, 5.41) is 4.02. The van der Waals surface area contributed by atoms with Crippen molar-refractivity contribution in [3.63, 3.8) is 0 Å². The van der Waals surface area contributed by atoms with E-state index < -0.39 is 0 Å². The molecule has 7 heteroatoms.